The summed E-state index contributed by atoms with van der Waals surface area (Å²) in [5.74, 6) is -0.882. The number of aromatic nitrogens is 3. The van der Waals surface area contributed by atoms with Crippen molar-refractivity contribution < 1.29 is 17.6 Å². The zero-order valence-corrected chi connectivity index (χ0v) is 19.9. The summed E-state index contributed by atoms with van der Waals surface area (Å²) in [4.78, 5) is 32.7. The second-order valence-corrected chi connectivity index (χ2v) is 10.2. The number of amides is 1. The van der Waals surface area contributed by atoms with Crippen molar-refractivity contribution in [1.82, 2.24) is 19.9 Å². The lowest BCUT2D eigenvalue weighted by Crippen LogP contribution is -2.34. The van der Waals surface area contributed by atoms with E-state index in [0.29, 0.717) is 11.3 Å². The molecule has 1 atom stereocenters. The van der Waals surface area contributed by atoms with E-state index in [1.54, 1.807) is 19.3 Å². The van der Waals surface area contributed by atoms with Crippen LogP contribution in [0.15, 0.2) is 65.7 Å². The first-order chi connectivity index (χ1) is 16.6. The number of nitrogens with zero attached hydrogens (tertiary/aromatic N) is 2. The maximum atomic E-state index is 13.2. The van der Waals surface area contributed by atoms with Crippen molar-refractivity contribution in [2.75, 3.05) is 4.72 Å². The number of hydrogen-bond acceptors (Lipinski definition) is 5. The van der Waals surface area contributed by atoms with Gasteiger partial charge in [-0.1, -0.05) is 18.2 Å². The van der Waals surface area contributed by atoms with E-state index in [9.17, 15) is 22.4 Å². The predicted molar refractivity (Wildman–Crippen MR) is 131 cm³/mol. The molecule has 0 fully saturated rings. The average Bonchev–Trinajstić information content (AvgIpc) is 3.30. The number of carbonyl (C=O) groups excluding carboxylic acids is 1. The van der Waals surface area contributed by atoms with Gasteiger partial charge in [0.2, 0.25) is 15.9 Å². The third kappa shape index (κ3) is 5.40. The fraction of sp³-hybridized carbons (Fsp3) is 0.208. The van der Waals surface area contributed by atoms with Crippen LogP contribution in [0.5, 0.6) is 0 Å². The van der Waals surface area contributed by atoms with E-state index in [1.807, 2.05) is 18.2 Å². The molecule has 4 rings (SSSR count). The smallest absolute Gasteiger partial charge is 0.275 e. The van der Waals surface area contributed by atoms with Gasteiger partial charge in [-0.25, -0.2) is 17.8 Å². The lowest BCUT2D eigenvalue weighted by Gasteiger charge is -2.17. The number of aromatic amines is 1. The minimum atomic E-state index is -4.01. The number of pyridine rings is 1. The minimum Gasteiger partial charge on any atom is -0.350 e. The molecular weight excluding hydrogens is 473 g/mol. The normalized spacial score (nSPS) is 12.4. The zero-order valence-electron chi connectivity index (χ0n) is 19.1. The van der Waals surface area contributed by atoms with Crippen molar-refractivity contribution in [2.24, 2.45) is 0 Å². The van der Waals surface area contributed by atoms with Crippen LogP contribution in [-0.2, 0) is 27.9 Å². The average molecular weight is 498 g/mol. The Morgan fingerprint density at radius 3 is 2.63 bits per heavy atom. The van der Waals surface area contributed by atoms with Gasteiger partial charge in [0.1, 0.15) is 23.3 Å². The van der Waals surface area contributed by atoms with Gasteiger partial charge in [-0.05, 0) is 61.4 Å². The van der Waals surface area contributed by atoms with Gasteiger partial charge in [-0.3, -0.25) is 14.3 Å². The summed E-state index contributed by atoms with van der Waals surface area (Å²) in [7, 11) is -4.01. The molecule has 0 saturated carbocycles. The number of anilines is 1. The highest BCUT2D eigenvalue weighted by molar-refractivity contribution is 7.92. The van der Waals surface area contributed by atoms with Crippen molar-refractivity contribution in [3.8, 4) is 0 Å². The molecule has 0 aliphatic rings. The summed E-state index contributed by atoms with van der Waals surface area (Å²) in [5.41, 5.74) is 2.57. The van der Waals surface area contributed by atoms with Crippen LogP contribution in [0.4, 0.5) is 10.1 Å². The lowest BCUT2D eigenvalue weighted by atomic mass is 10.2. The number of benzene rings is 2. The van der Waals surface area contributed by atoms with Crippen LogP contribution in [0.2, 0.25) is 0 Å². The Balaban J connectivity index is 1.47. The summed E-state index contributed by atoms with van der Waals surface area (Å²) in [6, 6.07) is 13.6. The topological polar surface area (TPSA) is 126 Å². The van der Waals surface area contributed by atoms with Gasteiger partial charge in [0.25, 0.3) is 5.56 Å². The van der Waals surface area contributed by atoms with Crippen LogP contribution in [-0.4, -0.2) is 28.9 Å². The van der Waals surface area contributed by atoms with Crippen LogP contribution in [0.1, 0.15) is 29.0 Å². The quantitative estimate of drug-likeness (QED) is 0.345. The minimum absolute atomic E-state index is 0.179. The number of H-pyrrole nitrogens is 1. The maximum Gasteiger partial charge on any atom is 0.275 e. The monoisotopic (exact) mass is 497 g/mol. The molecule has 0 bridgehead atoms. The van der Waals surface area contributed by atoms with Crippen LogP contribution >= 0.6 is 0 Å². The Hall–Kier alpha value is -3.99. The number of imidazole rings is 1. The van der Waals surface area contributed by atoms with Crippen molar-refractivity contribution in [3.63, 3.8) is 0 Å². The summed E-state index contributed by atoms with van der Waals surface area (Å²) in [5, 5.41) is 1.73. The van der Waals surface area contributed by atoms with Crippen LogP contribution in [0, 0.1) is 12.7 Å². The number of halogens is 1. The third-order valence-electron chi connectivity index (χ3n) is 5.73. The summed E-state index contributed by atoms with van der Waals surface area (Å²) in [6.45, 7) is 3.07. The van der Waals surface area contributed by atoms with Crippen LogP contribution in [0.25, 0.3) is 11.0 Å². The first kappa shape index (κ1) is 24.1. The van der Waals surface area contributed by atoms with Gasteiger partial charge < -0.3 is 14.9 Å². The molecule has 1 amide bonds. The SMILES string of the molecule is Cc1ccc(NS(=O)(=O)[C@H](C)c2ccc(F)cc2)c(=O)n1CC(=O)NCc1ccc2nc[nH]c2c1. The summed E-state index contributed by atoms with van der Waals surface area (Å²) < 4.78 is 42.4. The molecule has 0 aliphatic heterocycles. The Labute approximate surface area is 201 Å². The van der Waals surface area contributed by atoms with E-state index in [4.69, 9.17) is 0 Å². The van der Waals surface area contributed by atoms with Crippen LogP contribution in [0.3, 0.4) is 0 Å². The number of hydrogen-bond donors (Lipinski definition) is 3. The second-order valence-electron chi connectivity index (χ2n) is 8.15. The van der Waals surface area contributed by atoms with E-state index >= 15 is 0 Å². The molecule has 0 radical (unpaired) electrons. The van der Waals surface area contributed by atoms with Gasteiger partial charge in [-0.2, -0.15) is 0 Å². The van der Waals surface area contributed by atoms with Gasteiger partial charge in [0.15, 0.2) is 0 Å². The molecule has 2 aromatic heterocycles. The van der Waals surface area contributed by atoms with Crippen molar-refractivity contribution in [3.05, 3.63) is 93.9 Å². The molecule has 0 saturated heterocycles. The van der Waals surface area contributed by atoms with E-state index in [-0.39, 0.29) is 18.8 Å². The van der Waals surface area contributed by atoms with E-state index in [2.05, 4.69) is 20.0 Å². The van der Waals surface area contributed by atoms with Gasteiger partial charge in [-0.15, -0.1) is 0 Å². The molecule has 9 nitrogen and oxygen atoms in total. The molecule has 11 heteroatoms. The highest BCUT2D eigenvalue weighted by Gasteiger charge is 2.24. The first-order valence-corrected chi connectivity index (χ1v) is 12.3. The molecule has 35 heavy (non-hydrogen) atoms. The number of nitrogens with one attached hydrogen (secondary N) is 3. The number of aryl methyl sites for hydroxylation is 1. The van der Waals surface area contributed by atoms with Crippen LogP contribution < -0.4 is 15.6 Å². The fourth-order valence-corrected chi connectivity index (χ4v) is 4.75. The van der Waals surface area contributed by atoms with Crippen molar-refractivity contribution in [1.29, 1.82) is 0 Å². The molecule has 4 aromatic rings. The molecule has 0 unspecified atom stereocenters. The number of carbonyl (C=O) groups is 1. The highest BCUT2D eigenvalue weighted by atomic mass is 32.2. The highest BCUT2D eigenvalue weighted by Crippen LogP contribution is 2.23. The molecule has 3 N–H and O–H groups in total. The second kappa shape index (κ2) is 9.71. The Bertz CT molecular complexity index is 1540. The molecule has 0 aliphatic carbocycles. The molecule has 2 aromatic carbocycles. The molecule has 0 spiro atoms. The molecule has 2 heterocycles. The summed E-state index contributed by atoms with van der Waals surface area (Å²) in [6.07, 6.45) is 1.59. The van der Waals surface area contributed by atoms with Gasteiger partial charge in [0, 0.05) is 12.2 Å². The number of rotatable bonds is 8. The zero-order chi connectivity index (χ0) is 25.2. The third-order valence-corrected chi connectivity index (χ3v) is 7.43. The van der Waals surface area contributed by atoms with E-state index in [1.165, 1.54) is 41.8 Å². The number of fused-ring (bicyclic) bond motifs is 1. The Morgan fingerprint density at radius 2 is 1.89 bits per heavy atom. The van der Waals surface area contributed by atoms with E-state index in [0.717, 1.165) is 16.6 Å². The standard InChI is InChI=1S/C24H24FN5O4S/c1-15-3-9-21(29-35(33,34)16(2)18-5-7-19(25)8-6-18)24(32)30(15)13-23(31)26-12-17-4-10-20-22(11-17)28-14-27-20/h3-11,14,16,29H,12-13H2,1-2H3,(H,26,31)(H,27,28)/t16-/m1/s1. The van der Waals surface area contributed by atoms with Crippen molar-refractivity contribution in [2.45, 2.75) is 32.2 Å². The molecule has 182 valence electrons. The van der Waals surface area contributed by atoms with E-state index < -0.39 is 32.6 Å². The molecular formula is C24H24FN5O4S. The Morgan fingerprint density at radius 1 is 1.14 bits per heavy atom. The van der Waals surface area contributed by atoms with Gasteiger partial charge in [0.05, 0.1) is 17.4 Å². The lowest BCUT2D eigenvalue weighted by molar-refractivity contribution is -0.121. The predicted octanol–water partition coefficient (Wildman–Crippen LogP) is 2.99. The van der Waals surface area contributed by atoms with Gasteiger partial charge >= 0.3 is 0 Å². The largest absolute Gasteiger partial charge is 0.350 e. The Kier molecular flexibility index (Phi) is 6.70. The summed E-state index contributed by atoms with van der Waals surface area (Å²) >= 11 is 0. The van der Waals surface area contributed by atoms with Crippen molar-refractivity contribution >= 4 is 32.7 Å². The number of sulfonamides is 1. The maximum absolute atomic E-state index is 13.2. The fourth-order valence-electron chi connectivity index (χ4n) is 3.59. The first-order valence-electron chi connectivity index (χ1n) is 10.8.